The average Bonchev–Trinajstić information content (AvgIpc) is 3.58. The topological polar surface area (TPSA) is 109 Å². The maximum atomic E-state index is 13.1. The van der Waals surface area contributed by atoms with Gasteiger partial charge in [-0.15, -0.1) is 0 Å². The Morgan fingerprint density at radius 1 is 1.07 bits per heavy atom. The Balaban J connectivity index is 1.43. The first-order valence-corrected chi connectivity index (χ1v) is 16.8. The predicted molar refractivity (Wildman–Crippen MR) is 173 cm³/mol. The van der Waals surface area contributed by atoms with E-state index in [4.69, 9.17) is 4.74 Å². The summed E-state index contributed by atoms with van der Waals surface area (Å²) in [6, 6.07) is 18.0. The maximum Gasteiger partial charge on any atom is 0.265 e. The molecule has 44 heavy (non-hydrogen) atoms. The second-order valence-electron chi connectivity index (χ2n) is 11.6. The molecule has 9 heteroatoms. The molecule has 1 aliphatic heterocycles. The number of aromatic nitrogens is 1. The molecule has 232 valence electrons. The molecule has 0 aliphatic carbocycles. The third-order valence-electron chi connectivity index (χ3n) is 8.60. The number of ether oxygens (including phenoxy) is 1. The zero-order valence-electron chi connectivity index (χ0n) is 25.9. The van der Waals surface area contributed by atoms with Gasteiger partial charge in [-0.25, -0.2) is 13.1 Å². The van der Waals surface area contributed by atoms with Crippen LogP contribution in [-0.2, 0) is 21.2 Å². The van der Waals surface area contributed by atoms with E-state index in [0.717, 1.165) is 72.8 Å². The maximum absolute atomic E-state index is 13.1. The number of aryl methyl sites for hydroxylation is 1. The first kappa shape index (κ1) is 31.3. The quantitative estimate of drug-likeness (QED) is 0.193. The van der Waals surface area contributed by atoms with E-state index in [1.807, 2.05) is 17.2 Å². The summed E-state index contributed by atoms with van der Waals surface area (Å²) in [5.74, 6) is 0.0372. The van der Waals surface area contributed by atoms with Crippen LogP contribution in [-0.4, -0.2) is 50.3 Å². The van der Waals surface area contributed by atoms with Crippen molar-refractivity contribution in [3.63, 3.8) is 0 Å². The van der Waals surface area contributed by atoms with Crippen molar-refractivity contribution in [2.24, 2.45) is 5.92 Å². The van der Waals surface area contributed by atoms with Crippen LogP contribution in [0.2, 0.25) is 0 Å². The van der Waals surface area contributed by atoms with E-state index in [9.17, 15) is 18.0 Å². The number of nitrogens with one attached hydrogen (secondary N) is 2. The van der Waals surface area contributed by atoms with Crippen molar-refractivity contribution in [2.75, 3.05) is 20.2 Å². The molecular formula is C35H41N3O5S. The van der Waals surface area contributed by atoms with Gasteiger partial charge < -0.3 is 14.6 Å². The second kappa shape index (κ2) is 13.3. The minimum Gasteiger partial charge on any atom is -0.496 e. The molecule has 0 bridgehead atoms. The summed E-state index contributed by atoms with van der Waals surface area (Å²) in [6.45, 7) is 7.57. The fraction of sp³-hybridized carbons (Fsp3) is 0.371. The van der Waals surface area contributed by atoms with Crippen LogP contribution in [0.4, 0.5) is 0 Å². The average molecular weight is 616 g/mol. The summed E-state index contributed by atoms with van der Waals surface area (Å²) in [7, 11) is -2.49. The summed E-state index contributed by atoms with van der Waals surface area (Å²) in [5.41, 5.74) is 4.94. The third-order valence-corrected chi connectivity index (χ3v) is 10.1. The van der Waals surface area contributed by atoms with Crippen LogP contribution in [0.3, 0.4) is 0 Å². The molecule has 0 radical (unpaired) electrons. The molecule has 4 aromatic rings. The predicted octanol–water partition coefficient (Wildman–Crippen LogP) is 6.34. The van der Waals surface area contributed by atoms with Crippen molar-refractivity contribution in [1.82, 2.24) is 14.6 Å². The van der Waals surface area contributed by atoms with Crippen LogP contribution in [0.1, 0.15) is 78.1 Å². The molecular weight excluding hydrogens is 574 g/mol. The molecule has 3 aromatic carbocycles. The number of benzene rings is 3. The highest BCUT2D eigenvalue weighted by molar-refractivity contribution is 7.90. The van der Waals surface area contributed by atoms with Crippen LogP contribution in [0.5, 0.6) is 5.75 Å². The van der Waals surface area contributed by atoms with Crippen LogP contribution >= 0.6 is 0 Å². The number of hydrogen-bond donors (Lipinski definition) is 2. The lowest BCUT2D eigenvalue weighted by molar-refractivity contribution is -0.130. The number of nitrogens with zero attached hydrogens (tertiary/aromatic N) is 1. The first-order valence-electron chi connectivity index (χ1n) is 15.4. The number of methoxy groups -OCH3 is 1. The number of aromatic amines is 1. The molecule has 5 rings (SSSR count). The fourth-order valence-electron chi connectivity index (χ4n) is 6.38. The van der Waals surface area contributed by atoms with E-state index >= 15 is 0 Å². The Kier molecular flexibility index (Phi) is 9.44. The zero-order chi connectivity index (χ0) is 31.4. The molecule has 0 spiro atoms. The molecule has 1 fully saturated rings. The molecule has 2 N–H and O–H groups in total. The van der Waals surface area contributed by atoms with Crippen molar-refractivity contribution in [3.05, 3.63) is 94.7 Å². The molecule has 0 saturated carbocycles. The van der Waals surface area contributed by atoms with Crippen molar-refractivity contribution >= 4 is 32.7 Å². The third kappa shape index (κ3) is 6.38. The van der Waals surface area contributed by atoms with Crippen molar-refractivity contribution in [3.8, 4) is 5.75 Å². The lowest BCUT2D eigenvalue weighted by Gasteiger charge is -2.20. The number of H-pyrrole nitrogens is 1. The van der Waals surface area contributed by atoms with Gasteiger partial charge >= 0.3 is 0 Å². The fourth-order valence-corrected chi connectivity index (χ4v) is 7.60. The highest BCUT2D eigenvalue weighted by Crippen LogP contribution is 2.39. The minimum atomic E-state index is -4.04. The van der Waals surface area contributed by atoms with Crippen LogP contribution < -0.4 is 9.46 Å². The second-order valence-corrected chi connectivity index (χ2v) is 13.3. The van der Waals surface area contributed by atoms with Crippen molar-refractivity contribution in [1.29, 1.82) is 0 Å². The largest absolute Gasteiger partial charge is 0.496 e. The normalized spacial score (nSPS) is 16.0. The SMILES string of the molecule is CCCC(c1ccc(C(=O)NS(=O)(=O)c2ccccc2C)cc1OC)c1c[nH]c2ccc(CC3CCN(CCC)C3=O)cc12. The lowest BCUT2D eigenvalue weighted by Crippen LogP contribution is -2.31. The lowest BCUT2D eigenvalue weighted by atomic mass is 9.85. The number of carbonyl (C=O) groups excluding carboxylic acids is 2. The molecule has 1 aliphatic rings. The van der Waals surface area contributed by atoms with Gasteiger partial charge in [-0.2, -0.15) is 0 Å². The van der Waals surface area contributed by atoms with Gasteiger partial charge in [-0.05, 0) is 79.6 Å². The van der Waals surface area contributed by atoms with E-state index in [2.05, 4.69) is 41.8 Å². The molecule has 8 nitrogen and oxygen atoms in total. The Bertz CT molecular complexity index is 1780. The van der Waals surface area contributed by atoms with Gasteiger partial charge in [0.1, 0.15) is 5.75 Å². The Morgan fingerprint density at radius 3 is 2.59 bits per heavy atom. The summed E-state index contributed by atoms with van der Waals surface area (Å²) in [6.07, 6.45) is 6.37. The summed E-state index contributed by atoms with van der Waals surface area (Å²) < 4.78 is 33.9. The molecule has 2 amide bonds. The summed E-state index contributed by atoms with van der Waals surface area (Å²) >= 11 is 0. The monoisotopic (exact) mass is 615 g/mol. The first-order chi connectivity index (χ1) is 21.2. The van der Waals surface area contributed by atoms with Gasteiger partial charge in [0.15, 0.2) is 0 Å². The molecule has 1 aromatic heterocycles. The smallest absolute Gasteiger partial charge is 0.265 e. The Labute approximate surface area is 259 Å². The van der Waals surface area contributed by atoms with Gasteiger partial charge in [0.2, 0.25) is 5.91 Å². The number of amides is 2. The van der Waals surface area contributed by atoms with E-state index in [1.54, 1.807) is 44.4 Å². The van der Waals surface area contributed by atoms with E-state index in [-0.39, 0.29) is 28.2 Å². The molecule has 2 atom stereocenters. The Hall–Kier alpha value is -4.11. The number of carbonyl (C=O) groups is 2. The molecule has 2 unspecified atom stereocenters. The van der Waals surface area contributed by atoms with Gasteiger partial charge in [-0.1, -0.05) is 50.6 Å². The van der Waals surface area contributed by atoms with Crippen molar-refractivity contribution in [2.45, 2.75) is 63.7 Å². The van der Waals surface area contributed by atoms with E-state index in [1.165, 1.54) is 6.07 Å². The van der Waals surface area contributed by atoms with Gasteiger partial charge in [0.25, 0.3) is 15.9 Å². The van der Waals surface area contributed by atoms with E-state index < -0.39 is 15.9 Å². The van der Waals surface area contributed by atoms with Crippen LogP contribution in [0, 0.1) is 12.8 Å². The number of likely N-dealkylation sites (tertiary alicyclic amines) is 1. The summed E-state index contributed by atoms with van der Waals surface area (Å²) in [5, 5.41) is 1.10. The minimum absolute atomic E-state index is 0.0150. The Morgan fingerprint density at radius 2 is 1.86 bits per heavy atom. The van der Waals surface area contributed by atoms with Crippen LogP contribution in [0.25, 0.3) is 10.9 Å². The number of sulfonamides is 1. The van der Waals surface area contributed by atoms with Gasteiger partial charge in [-0.3, -0.25) is 9.59 Å². The molecule has 2 heterocycles. The number of hydrogen-bond acceptors (Lipinski definition) is 5. The highest BCUT2D eigenvalue weighted by atomic mass is 32.2. The molecule has 1 saturated heterocycles. The van der Waals surface area contributed by atoms with Gasteiger partial charge in [0, 0.05) is 53.2 Å². The van der Waals surface area contributed by atoms with Gasteiger partial charge in [0.05, 0.1) is 12.0 Å². The summed E-state index contributed by atoms with van der Waals surface area (Å²) in [4.78, 5) is 31.5. The number of rotatable bonds is 12. The van der Waals surface area contributed by atoms with Crippen molar-refractivity contribution < 1.29 is 22.7 Å². The van der Waals surface area contributed by atoms with Crippen LogP contribution in [0.15, 0.2) is 71.8 Å². The number of fused-ring (bicyclic) bond motifs is 1. The zero-order valence-corrected chi connectivity index (χ0v) is 26.7. The standard InChI is InChI=1S/C35H41N3O5S/c1-5-9-27(30-22-36-31-15-12-24(20-29(30)31)19-26-16-18-38(17-6-2)35(26)40)28-14-13-25(21-32(28)43-4)34(39)37-44(41,42)33-11-8-7-10-23(33)3/h7-8,10-15,20-22,26-27,36H,5-6,9,16-19H2,1-4H3,(H,37,39). The van der Waals surface area contributed by atoms with E-state index in [0.29, 0.717) is 11.3 Å². The highest BCUT2D eigenvalue weighted by Gasteiger charge is 2.31.